The van der Waals surface area contributed by atoms with Crippen LogP contribution in [0.5, 0.6) is 0 Å². The minimum absolute atomic E-state index is 0.912. The highest BCUT2D eigenvalue weighted by molar-refractivity contribution is 5.46. The molecule has 0 aromatic heterocycles. The van der Waals surface area contributed by atoms with E-state index in [4.69, 9.17) is 5.73 Å². The van der Waals surface area contributed by atoms with Crippen LogP contribution in [-0.4, -0.2) is 31.1 Å². The van der Waals surface area contributed by atoms with Crippen molar-refractivity contribution in [3.63, 3.8) is 0 Å². The lowest BCUT2D eigenvalue weighted by Crippen LogP contribution is -2.45. The Kier molecular flexibility index (Phi) is 5.73. The molecule has 3 heteroatoms. The van der Waals surface area contributed by atoms with Crippen LogP contribution in [-0.2, 0) is 0 Å². The number of nitrogens with zero attached hydrogens (tertiary/aromatic N) is 2. The van der Waals surface area contributed by atoms with Crippen LogP contribution in [0.3, 0.4) is 0 Å². The molecule has 1 heterocycles. The van der Waals surface area contributed by atoms with Gasteiger partial charge in [0.2, 0.25) is 0 Å². The van der Waals surface area contributed by atoms with E-state index in [1.165, 1.54) is 11.4 Å². The SMILES string of the molecule is CC/C(N)=C\C=C(/CC)N1CCN(c2ccccc2)CC1. The third-order valence-electron chi connectivity index (χ3n) is 4.07. The fourth-order valence-corrected chi connectivity index (χ4v) is 2.66. The van der Waals surface area contributed by atoms with E-state index in [1.807, 2.05) is 0 Å². The molecule has 2 N–H and O–H groups in total. The predicted octanol–water partition coefficient (Wildman–Crippen LogP) is 3.36. The number of rotatable bonds is 5. The molecule has 0 saturated carbocycles. The zero-order valence-electron chi connectivity index (χ0n) is 13.3. The molecular formula is C18H27N3. The van der Waals surface area contributed by atoms with E-state index in [1.54, 1.807) is 0 Å². The number of hydrogen-bond donors (Lipinski definition) is 1. The molecule has 1 fully saturated rings. The Morgan fingerprint density at radius 1 is 1.00 bits per heavy atom. The van der Waals surface area contributed by atoms with E-state index in [-0.39, 0.29) is 0 Å². The Hall–Kier alpha value is -1.90. The van der Waals surface area contributed by atoms with Crippen molar-refractivity contribution in [2.45, 2.75) is 26.7 Å². The Bertz CT molecular complexity index is 482. The van der Waals surface area contributed by atoms with E-state index in [0.29, 0.717) is 0 Å². The lowest BCUT2D eigenvalue weighted by atomic mass is 10.2. The molecule has 0 aliphatic carbocycles. The van der Waals surface area contributed by atoms with Gasteiger partial charge in [0.05, 0.1) is 0 Å². The maximum Gasteiger partial charge on any atom is 0.0367 e. The second-order valence-electron chi connectivity index (χ2n) is 5.42. The van der Waals surface area contributed by atoms with Crippen LogP contribution < -0.4 is 10.6 Å². The molecule has 0 amide bonds. The van der Waals surface area contributed by atoms with Crippen molar-refractivity contribution in [2.24, 2.45) is 5.73 Å². The second-order valence-corrected chi connectivity index (χ2v) is 5.42. The van der Waals surface area contributed by atoms with Crippen molar-refractivity contribution >= 4 is 5.69 Å². The van der Waals surface area contributed by atoms with Gasteiger partial charge in [-0.2, -0.15) is 0 Å². The summed E-state index contributed by atoms with van der Waals surface area (Å²) >= 11 is 0. The smallest absolute Gasteiger partial charge is 0.0367 e. The van der Waals surface area contributed by atoms with Gasteiger partial charge in [-0.05, 0) is 37.1 Å². The lowest BCUT2D eigenvalue weighted by Gasteiger charge is -2.38. The van der Waals surface area contributed by atoms with E-state index in [2.05, 4.69) is 66.1 Å². The molecule has 1 aromatic carbocycles. The summed E-state index contributed by atoms with van der Waals surface area (Å²) < 4.78 is 0. The van der Waals surface area contributed by atoms with E-state index >= 15 is 0 Å². The molecule has 0 radical (unpaired) electrons. The monoisotopic (exact) mass is 285 g/mol. The first kappa shape index (κ1) is 15.5. The number of para-hydroxylation sites is 1. The lowest BCUT2D eigenvalue weighted by molar-refractivity contribution is 0.313. The molecule has 0 bridgehead atoms. The highest BCUT2D eigenvalue weighted by Crippen LogP contribution is 2.19. The van der Waals surface area contributed by atoms with Crippen LogP contribution in [0, 0.1) is 0 Å². The van der Waals surface area contributed by atoms with Crippen LogP contribution in [0.15, 0.2) is 53.9 Å². The average Bonchev–Trinajstić information content (AvgIpc) is 2.56. The van der Waals surface area contributed by atoms with E-state index in [0.717, 1.165) is 44.7 Å². The third kappa shape index (κ3) is 4.28. The predicted molar refractivity (Wildman–Crippen MR) is 91.2 cm³/mol. The van der Waals surface area contributed by atoms with Gasteiger partial charge in [-0.3, -0.25) is 0 Å². The zero-order valence-corrected chi connectivity index (χ0v) is 13.3. The number of allylic oxidation sites excluding steroid dienone is 4. The Morgan fingerprint density at radius 2 is 1.67 bits per heavy atom. The van der Waals surface area contributed by atoms with Gasteiger partial charge in [0.25, 0.3) is 0 Å². The number of benzene rings is 1. The van der Waals surface area contributed by atoms with E-state index in [9.17, 15) is 0 Å². The summed E-state index contributed by atoms with van der Waals surface area (Å²) in [7, 11) is 0. The molecule has 2 rings (SSSR count). The largest absolute Gasteiger partial charge is 0.402 e. The number of hydrogen-bond acceptors (Lipinski definition) is 3. The molecule has 1 aliphatic rings. The summed E-state index contributed by atoms with van der Waals surface area (Å²) in [5.74, 6) is 0. The fraction of sp³-hybridized carbons (Fsp3) is 0.444. The number of nitrogens with two attached hydrogens (primary N) is 1. The first-order valence-electron chi connectivity index (χ1n) is 7.94. The average molecular weight is 285 g/mol. The van der Waals surface area contributed by atoms with Gasteiger partial charge in [-0.25, -0.2) is 0 Å². The van der Waals surface area contributed by atoms with Crippen molar-refractivity contribution < 1.29 is 0 Å². The molecule has 1 aliphatic heterocycles. The zero-order chi connectivity index (χ0) is 15.1. The van der Waals surface area contributed by atoms with Gasteiger partial charge in [-0.15, -0.1) is 0 Å². The second kappa shape index (κ2) is 7.77. The van der Waals surface area contributed by atoms with Crippen LogP contribution in [0.2, 0.25) is 0 Å². The first-order chi connectivity index (χ1) is 10.2. The molecule has 1 saturated heterocycles. The molecule has 0 atom stereocenters. The molecule has 0 unspecified atom stereocenters. The maximum absolute atomic E-state index is 5.89. The third-order valence-corrected chi connectivity index (χ3v) is 4.07. The molecule has 21 heavy (non-hydrogen) atoms. The van der Waals surface area contributed by atoms with Crippen molar-refractivity contribution in [1.82, 2.24) is 4.90 Å². The Labute approximate surface area is 128 Å². The van der Waals surface area contributed by atoms with E-state index < -0.39 is 0 Å². The van der Waals surface area contributed by atoms with Crippen LogP contribution in [0.1, 0.15) is 26.7 Å². The van der Waals surface area contributed by atoms with Gasteiger partial charge in [0, 0.05) is 43.3 Å². The molecule has 3 nitrogen and oxygen atoms in total. The van der Waals surface area contributed by atoms with Gasteiger partial charge in [0.15, 0.2) is 0 Å². The van der Waals surface area contributed by atoms with Crippen LogP contribution >= 0.6 is 0 Å². The number of anilines is 1. The molecule has 0 spiro atoms. The van der Waals surface area contributed by atoms with Crippen molar-refractivity contribution in [3.05, 3.63) is 53.9 Å². The quantitative estimate of drug-likeness (QED) is 0.842. The topological polar surface area (TPSA) is 32.5 Å². The minimum atomic E-state index is 0.912. The maximum atomic E-state index is 5.89. The summed E-state index contributed by atoms with van der Waals surface area (Å²) in [6, 6.07) is 10.7. The normalized spacial score (nSPS) is 17.2. The van der Waals surface area contributed by atoms with Gasteiger partial charge < -0.3 is 15.5 Å². The summed E-state index contributed by atoms with van der Waals surface area (Å²) in [6.07, 6.45) is 6.22. The summed E-state index contributed by atoms with van der Waals surface area (Å²) in [5, 5.41) is 0. The Balaban J connectivity index is 1.96. The van der Waals surface area contributed by atoms with Gasteiger partial charge in [0.1, 0.15) is 0 Å². The molecular weight excluding hydrogens is 258 g/mol. The van der Waals surface area contributed by atoms with Crippen molar-refractivity contribution in [2.75, 3.05) is 31.1 Å². The van der Waals surface area contributed by atoms with Crippen molar-refractivity contribution in [1.29, 1.82) is 0 Å². The standard InChI is InChI=1S/C18H27N3/c1-3-16(19)10-11-17(4-2)20-12-14-21(15-13-20)18-8-6-5-7-9-18/h5-11H,3-4,12-15,19H2,1-2H3/b16-10+,17-11+. The highest BCUT2D eigenvalue weighted by atomic mass is 15.3. The van der Waals surface area contributed by atoms with Crippen LogP contribution in [0.25, 0.3) is 0 Å². The van der Waals surface area contributed by atoms with Crippen molar-refractivity contribution in [3.8, 4) is 0 Å². The fourth-order valence-electron chi connectivity index (χ4n) is 2.66. The summed E-state index contributed by atoms with van der Waals surface area (Å²) in [6.45, 7) is 8.61. The summed E-state index contributed by atoms with van der Waals surface area (Å²) in [5.41, 5.74) is 9.56. The van der Waals surface area contributed by atoms with Crippen LogP contribution in [0.4, 0.5) is 5.69 Å². The summed E-state index contributed by atoms with van der Waals surface area (Å²) in [4.78, 5) is 4.94. The first-order valence-corrected chi connectivity index (χ1v) is 7.94. The Morgan fingerprint density at radius 3 is 2.24 bits per heavy atom. The van der Waals surface area contributed by atoms with Gasteiger partial charge in [-0.1, -0.05) is 32.0 Å². The van der Waals surface area contributed by atoms with Gasteiger partial charge >= 0.3 is 0 Å². The minimum Gasteiger partial charge on any atom is -0.402 e. The molecule has 1 aromatic rings. The highest BCUT2D eigenvalue weighted by Gasteiger charge is 2.17. The number of piperazine rings is 1. The molecule has 114 valence electrons.